The number of hydrogen-bond donors (Lipinski definition) is 0. The molecule has 0 unspecified atom stereocenters. The van der Waals surface area contributed by atoms with Crippen molar-refractivity contribution in [1.82, 2.24) is 9.78 Å². The highest BCUT2D eigenvalue weighted by molar-refractivity contribution is 5.73. The zero-order chi connectivity index (χ0) is 8.97. The van der Waals surface area contributed by atoms with Crippen LogP contribution in [0.2, 0.25) is 0 Å². The van der Waals surface area contributed by atoms with Crippen molar-refractivity contribution in [2.45, 2.75) is 32.7 Å². The van der Waals surface area contributed by atoms with Crippen LogP contribution in [0.4, 0.5) is 0 Å². The molecule has 0 amide bonds. The third-order valence-corrected chi connectivity index (χ3v) is 2.07. The molecule has 12 heavy (non-hydrogen) atoms. The van der Waals surface area contributed by atoms with E-state index < -0.39 is 0 Å². The van der Waals surface area contributed by atoms with Gasteiger partial charge in [0.15, 0.2) is 6.29 Å². The number of carbonyl (C=O) groups is 1. The molecule has 0 aliphatic heterocycles. The van der Waals surface area contributed by atoms with Crippen LogP contribution in [0.5, 0.6) is 0 Å². The normalized spacial score (nSPS) is 10.6. The monoisotopic (exact) mass is 166 g/mol. The second-order valence-electron chi connectivity index (χ2n) is 2.84. The van der Waals surface area contributed by atoms with Gasteiger partial charge in [-0.1, -0.05) is 13.8 Å². The summed E-state index contributed by atoms with van der Waals surface area (Å²) in [4.78, 5) is 10.4. The summed E-state index contributed by atoms with van der Waals surface area (Å²) in [5.74, 6) is 0. The smallest absolute Gasteiger partial charge is 0.153 e. The Morgan fingerprint density at radius 3 is 2.67 bits per heavy atom. The first-order chi connectivity index (χ1) is 5.81. The third kappa shape index (κ3) is 1.72. The van der Waals surface area contributed by atoms with Crippen LogP contribution in [-0.4, -0.2) is 16.1 Å². The molecular formula is C9H14N2O. The van der Waals surface area contributed by atoms with E-state index in [1.165, 1.54) is 0 Å². The minimum absolute atomic E-state index is 0.429. The van der Waals surface area contributed by atoms with Crippen LogP contribution in [0.1, 0.15) is 43.1 Å². The summed E-state index contributed by atoms with van der Waals surface area (Å²) < 4.78 is 1.86. The highest BCUT2D eigenvalue weighted by Crippen LogP contribution is 2.13. The second-order valence-corrected chi connectivity index (χ2v) is 2.84. The van der Waals surface area contributed by atoms with Crippen LogP contribution in [0.15, 0.2) is 12.4 Å². The van der Waals surface area contributed by atoms with E-state index in [0.717, 1.165) is 19.1 Å². The lowest BCUT2D eigenvalue weighted by Gasteiger charge is -2.11. The number of aromatic nitrogens is 2. The molecule has 0 fully saturated rings. The van der Waals surface area contributed by atoms with Gasteiger partial charge in [-0.25, -0.2) is 0 Å². The van der Waals surface area contributed by atoms with Crippen molar-refractivity contribution in [3.63, 3.8) is 0 Å². The van der Waals surface area contributed by atoms with Crippen LogP contribution in [-0.2, 0) is 0 Å². The van der Waals surface area contributed by atoms with Gasteiger partial charge in [-0.15, -0.1) is 0 Å². The topological polar surface area (TPSA) is 34.9 Å². The Kier molecular flexibility index (Phi) is 3.02. The third-order valence-electron chi connectivity index (χ3n) is 2.07. The Bertz CT molecular complexity index is 251. The van der Waals surface area contributed by atoms with E-state index in [-0.39, 0.29) is 0 Å². The summed E-state index contributed by atoms with van der Waals surface area (Å²) in [5, 5.41) is 4.11. The molecule has 3 heteroatoms. The van der Waals surface area contributed by atoms with E-state index in [4.69, 9.17) is 0 Å². The van der Waals surface area contributed by atoms with E-state index in [2.05, 4.69) is 18.9 Å². The van der Waals surface area contributed by atoms with E-state index >= 15 is 0 Å². The fourth-order valence-corrected chi connectivity index (χ4v) is 1.28. The van der Waals surface area contributed by atoms with Gasteiger partial charge >= 0.3 is 0 Å². The predicted octanol–water partition coefficient (Wildman–Crippen LogP) is 2.06. The lowest BCUT2D eigenvalue weighted by atomic mass is 10.2. The van der Waals surface area contributed by atoms with Crippen molar-refractivity contribution in [3.05, 3.63) is 18.0 Å². The average Bonchev–Trinajstić information content (AvgIpc) is 2.55. The molecule has 0 N–H and O–H groups in total. The Morgan fingerprint density at radius 2 is 2.25 bits per heavy atom. The van der Waals surface area contributed by atoms with Crippen LogP contribution >= 0.6 is 0 Å². The first-order valence-electron chi connectivity index (χ1n) is 4.31. The van der Waals surface area contributed by atoms with Crippen LogP contribution in [0, 0.1) is 0 Å². The molecule has 0 spiro atoms. The summed E-state index contributed by atoms with van der Waals surface area (Å²) in [5.41, 5.74) is 0.655. The molecular weight excluding hydrogens is 152 g/mol. The fraction of sp³-hybridized carbons (Fsp3) is 0.556. The number of rotatable bonds is 4. The van der Waals surface area contributed by atoms with Crippen molar-refractivity contribution in [3.8, 4) is 0 Å². The van der Waals surface area contributed by atoms with Gasteiger partial charge in [0.2, 0.25) is 0 Å². The summed E-state index contributed by atoms with van der Waals surface area (Å²) in [6.07, 6.45) is 6.33. The fourth-order valence-electron chi connectivity index (χ4n) is 1.28. The summed E-state index contributed by atoms with van der Waals surface area (Å²) in [6, 6.07) is 0.429. The molecule has 1 aromatic rings. The number of hydrogen-bond acceptors (Lipinski definition) is 2. The molecule has 0 radical (unpaired) electrons. The van der Waals surface area contributed by atoms with E-state index in [9.17, 15) is 4.79 Å². The molecule has 0 saturated heterocycles. The van der Waals surface area contributed by atoms with E-state index in [1.54, 1.807) is 12.4 Å². The van der Waals surface area contributed by atoms with Crippen LogP contribution < -0.4 is 0 Å². The Hall–Kier alpha value is -1.12. The molecule has 66 valence electrons. The lowest BCUT2D eigenvalue weighted by Crippen LogP contribution is -2.06. The minimum atomic E-state index is 0.429. The SMILES string of the molecule is CCC(CC)n1cc(C=O)cn1. The summed E-state index contributed by atoms with van der Waals surface area (Å²) in [6.45, 7) is 4.24. The Balaban J connectivity index is 2.79. The zero-order valence-electron chi connectivity index (χ0n) is 7.53. The van der Waals surface area contributed by atoms with E-state index in [1.807, 2.05) is 4.68 Å². The maximum atomic E-state index is 10.4. The van der Waals surface area contributed by atoms with Gasteiger partial charge in [0.1, 0.15) is 0 Å². The first-order valence-corrected chi connectivity index (χ1v) is 4.31. The molecule has 0 aliphatic rings. The summed E-state index contributed by atoms with van der Waals surface area (Å²) >= 11 is 0. The van der Waals surface area contributed by atoms with Crippen molar-refractivity contribution in [2.75, 3.05) is 0 Å². The van der Waals surface area contributed by atoms with Gasteiger partial charge in [-0.3, -0.25) is 9.48 Å². The summed E-state index contributed by atoms with van der Waals surface area (Å²) in [7, 11) is 0. The van der Waals surface area contributed by atoms with E-state index in [0.29, 0.717) is 11.6 Å². The van der Waals surface area contributed by atoms with Crippen LogP contribution in [0.3, 0.4) is 0 Å². The van der Waals surface area contributed by atoms with Gasteiger partial charge in [-0.05, 0) is 12.8 Å². The van der Waals surface area contributed by atoms with Crippen molar-refractivity contribution in [1.29, 1.82) is 0 Å². The maximum absolute atomic E-state index is 10.4. The Labute approximate surface area is 72.4 Å². The molecule has 0 atom stereocenters. The van der Waals surface area contributed by atoms with Crippen LogP contribution in [0.25, 0.3) is 0 Å². The standard InChI is InChI=1S/C9H14N2O/c1-3-9(4-2)11-6-8(7-12)5-10-11/h5-7,9H,3-4H2,1-2H3. The molecule has 0 saturated carbocycles. The highest BCUT2D eigenvalue weighted by atomic mass is 16.1. The lowest BCUT2D eigenvalue weighted by molar-refractivity contribution is 0.112. The van der Waals surface area contributed by atoms with Gasteiger partial charge in [0.25, 0.3) is 0 Å². The number of carbonyl (C=O) groups excluding carboxylic acids is 1. The van der Waals surface area contributed by atoms with Crippen molar-refractivity contribution < 1.29 is 4.79 Å². The molecule has 0 bridgehead atoms. The second kappa shape index (κ2) is 4.04. The molecule has 1 heterocycles. The van der Waals surface area contributed by atoms with Gasteiger partial charge in [0, 0.05) is 6.20 Å². The molecule has 3 nitrogen and oxygen atoms in total. The average molecular weight is 166 g/mol. The van der Waals surface area contributed by atoms with Gasteiger partial charge in [0.05, 0.1) is 17.8 Å². The van der Waals surface area contributed by atoms with Gasteiger partial charge < -0.3 is 0 Å². The van der Waals surface area contributed by atoms with Gasteiger partial charge in [-0.2, -0.15) is 5.10 Å². The number of nitrogens with zero attached hydrogens (tertiary/aromatic N) is 2. The quantitative estimate of drug-likeness (QED) is 0.642. The Morgan fingerprint density at radius 1 is 1.58 bits per heavy atom. The molecule has 0 aliphatic carbocycles. The zero-order valence-corrected chi connectivity index (χ0v) is 7.53. The highest BCUT2D eigenvalue weighted by Gasteiger charge is 2.06. The predicted molar refractivity (Wildman–Crippen MR) is 47.2 cm³/mol. The molecule has 1 aromatic heterocycles. The minimum Gasteiger partial charge on any atom is -0.298 e. The molecule has 0 aromatic carbocycles. The number of aldehydes is 1. The largest absolute Gasteiger partial charge is 0.298 e. The maximum Gasteiger partial charge on any atom is 0.153 e. The van der Waals surface area contributed by atoms with Crippen molar-refractivity contribution in [2.24, 2.45) is 0 Å². The van der Waals surface area contributed by atoms with Crippen molar-refractivity contribution >= 4 is 6.29 Å². The molecule has 1 rings (SSSR count). The first kappa shape index (κ1) is 8.97.